The molecule has 2 rings (SSSR count). The Kier molecular flexibility index (Phi) is 9.91. The fourth-order valence-electron chi connectivity index (χ4n) is 3.22. The molecule has 1 N–H and O–H groups in total. The third-order valence-electron chi connectivity index (χ3n) is 4.80. The molecule has 0 spiro atoms. The molecule has 1 unspecified atom stereocenters. The number of halogens is 1. The minimum absolute atomic E-state index is 0.0608. The number of nitrogens with zero attached hydrogens (tertiary/aromatic N) is 1. The minimum atomic E-state index is -0.543. The first-order chi connectivity index (χ1) is 15.1. The second-order valence-electron chi connectivity index (χ2n) is 8.65. The maximum atomic E-state index is 13.3. The average molecular weight is 477 g/mol. The first-order valence-electron chi connectivity index (χ1n) is 10.7. The molecule has 0 radical (unpaired) electrons. The van der Waals surface area contributed by atoms with Gasteiger partial charge in [-0.2, -0.15) is 0 Å². The van der Waals surface area contributed by atoms with Gasteiger partial charge in [0, 0.05) is 22.9 Å². The molecule has 2 amide bonds. The highest BCUT2D eigenvalue weighted by Crippen LogP contribution is 2.20. The van der Waals surface area contributed by atoms with Crippen molar-refractivity contribution in [3.63, 3.8) is 0 Å². The summed E-state index contributed by atoms with van der Waals surface area (Å²) in [6, 6.07) is 14.6. The SMILES string of the molecule is CCC(C(=O)NC(C)(C)C)N(Cc1ccc(Cl)cc1)C(=O)CSCc1ccc(OC)cc1. The molecule has 174 valence electrons. The van der Waals surface area contributed by atoms with Crippen LogP contribution in [0.15, 0.2) is 48.5 Å². The normalized spacial score (nSPS) is 12.2. The third-order valence-corrected chi connectivity index (χ3v) is 6.04. The van der Waals surface area contributed by atoms with Crippen LogP contribution in [0.1, 0.15) is 45.2 Å². The maximum Gasteiger partial charge on any atom is 0.243 e. The Bertz CT molecular complexity index is 880. The molecular formula is C25H33ClN2O3S. The van der Waals surface area contributed by atoms with Crippen molar-refractivity contribution >= 4 is 35.2 Å². The lowest BCUT2D eigenvalue weighted by Crippen LogP contribution is -2.53. The van der Waals surface area contributed by atoms with Crippen molar-refractivity contribution in [2.75, 3.05) is 12.9 Å². The Balaban J connectivity index is 2.12. The summed E-state index contributed by atoms with van der Waals surface area (Å²) in [5.74, 6) is 1.60. The van der Waals surface area contributed by atoms with Gasteiger partial charge in [-0.15, -0.1) is 11.8 Å². The van der Waals surface area contributed by atoms with Crippen molar-refractivity contribution < 1.29 is 14.3 Å². The van der Waals surface area contributed by atoms with Gasteiger partial charge in [-0.3, -0.25) is 9.59 Å². The van der Waals surface area contributed by atoms with Crippen LogP contribution in [0.4, 0.5) is 0 Å². The molecule has 0 fully saturated rings. The number of nitrogens with one attached hydrogen (secondary N) is 1. The molecule has 0 aliphatic rings. The highest BCUT2D eigenvalue weighted by atomic mass is 35.5. The molecule has 2 aromatic carbocycles. The zero-order chi connectivity index (χ0) is 23.7. The monoisotopic (exact) mass is 476 g/mol. The molecule has 0 bridgehead atoms. The van der Waals surface area contributed by atoms with E-state index in [1.807, 2.05) is 64.1 Å². The van der Waals surface area contributed by atoms with Crippen molar-refractivity contribution in [2.24, 2.45) is 0 Å². The molecule has 0 aromatic heterocycles. The Morgan fingerprint density at radius 2 is 1.66 bits per heavy atom. The first-order valence-corrected chi connectivity index (χ1v) is 12.2. The highest BCUT2D eigenvalue weighted by Gasteiger charge is 2.30. The number of hydrogen-bond acceptors (Lipinski definition) is 4. The van der Waals surface area contributed by atoms with E-state index in [1.165, 1.54) is 11.8 Å². The van der Waals surface area contributed by atoms with Gasteiger partial charge in [-0.25, -0.2) is 0 Å². The van der Waals surface area contributed by atoms with Crippen LogP contribution in [0.25, 0.3) is 0 Å². The summed E-state index contributed by atoms with van der Waals surface area (Å²) in [4.78, 5) is 27.9. The average Bonchev–Trinajstić information content (AvgIpc) is 2.74. The molecule has 0 aliphatic carbocycles. The molecule has 0 saturated carbocycles. The highest BCUT2D eigenvalue weighted by molar-refractivity contribution is 7.99. The lowest BCUT2D eigenvalue weighted by molar-refractivity contribution is -0.140. The number of carbonyl (C=O) groups is 2. The van der Waals surface area contributed by atoms with Crippen LogP contribution in [0.5, 0.6) is 5.75 Å². The van der Waals surface area contributed by atoms with E-state index in [0.717, 1.165) is 16.9 Å². The summed E-state index contributed by atoms with van der Waals surface area (Å²) in [6.45, 7) is 8.10. The van der Waals surface area contributed by atoms with E-state index in [-0.39, 0.29) is 17.4 Å². The van der Waals surface area contributed by atoms with Gasteiger partial charge in [0.05, 0.1) is 12.9 Å². The van der Waals surface area contributed by atoms with Gasteiger partial charge < -0.3 is 15.0 Å². The van der Waals surface area contributed by atoms with Gasteiger partial charge in [-0.05, 0) is 62.6 Å². The Morgan fingerprint density at radius 3 is 2.19 bits per heavy atom. The second-order valence-corrected chi connectivity index (χ2v) is 10.1. The third kappa shape index (κ3) is 8.40. The van der Waals surface area contributed by atoms with Crippen LogP contribution in [0, 0.1) is 0 Å². The van der Waals surface area contributed by atoms with Crippen LogP contribution >= 0.6 is 23.4 Å². The number of hydrogen-bond donors (Lipinski definition) is 1. The fraction of sp³-hybridized carbons (Fsp3) is 0.440. The number of amides is 2. The van der Waals surface area contributed by atoms with E-state index in [0.29, 0.717) is 29.5 Å². The quantitative estimate of drug-likeness (QED) is 0.505. The molecular weight excluding hydrogens is 444 g/mol. The predicted molar refractivity (Wildman–Crippen MR) is 133 cm³/mol. The largest absolute Gasteiger partial charge is 0.497 e. The summed E-state index contributed by atoms with van der Waals surface area (Å²) in [6.07, 6.45) is 0.532. The number of rotatable bonds is 10. The van der Waals surface area contributed by atoms with E-state index < -0.39 is 6.04 Å². The lowest BCUT2D eigenvalue weighted by atomic mass is 10.1. The summed E-state index contributed by atoms with van der Waals surface area (Å²) in [5.41, 5.74) is 1.68. The number of benzene rings is 2. The summed E-state index contributed by atoms with van der Waals surface area (Å²) in [7, 11) is 1.64. The van der Waals surface area contributed by atoms with Crippen LogP contribution in [-0.2, 0) is 21.9 Å². The lowest BCUT2D eigenvalue weighted by Gasteiger charge is -2.33. The van der Waals surface area contributed by atoms with E-state index >= 15 is 0 Å². The van der Waals surface area contributed by atoms with E-state index in [4.69, 9.17) is 16.3 Å². The van der Waals surface area contributed by atoms with Crippen LogP contribution in [-0.4, -0.2) is 41.2 Å². The Hall–Kier alpha value is -2.18. The molecule has 0 heterocycles. The van der Waals surface area contributed by atoms with Crippen LogP contribution < -0.4 is 10.1 Å². The zero-order valence-corrected chi connectivity index (χ0v) is 21.1. The van der Waals surface area contributed by atoms with Crippen molar-refractivity contribution in [1.82, 2.24) is 10.2 Å². The van der Waals surface area contributed by atoms with Crippen LogP contribution in [0.3, 0.4) is 0 Å². The number of carbonyl (C=O) groups excluding carboxylic acids is 2. The Labute approximate surface area is 200 Å². The number of thioether (sulfide) groups is 1. The van der Waals surface area contributed by atoms with Crippen molar-refractivity contribution in [3.05, 3.63) is 64.7 Å². The van der Waals surface area contributed by atoms with Gasteiger partial charge in [0.25, 0.3) is 0 Å². The zero-order valence-electron chi connectivity index (χ0n) is 19.5. The van der Waals surface area contributed by atoms with Crippen molar-refractivity contribution in [1.29, 1.82) is 0 Å². The molecule has 5 nitrogen and oxygen atoms in total. The maximum absolute atomic E-state index is 13.3. The molecule has 0 aliphatic heterocycles. The van der Waals surface area contributed by atoms with E-state index in [1.54, 1.807) is 24.1 Å². The smallest absolute Gasteiger partial charge is 0.243 e. The standard InChI is InChI=1S/C25H33ClN2O3S/c1-6-22(24(30)27-25(2,3)4)28(15-18-7-11-20(26)12-8-18)23(29)17-32-16-19-9-13-21(31-5)14-10-19/h7-14,22H,6,15-17H2,1-5H3,(H,27,30). The fourth-order valence-corrected chi connectivity index (χ4v) is 4.22. The van der Waals surface area contributed by atoms with Gasteiger partial charge in [0.15, 0.2) is 0 Å². The van der Waals surface area contributed by atoms with Crippen LogP contribution in [0.2, 0.25) is 5.02 Å². The molecule has 0 saturated heterocycles. The molecule has 2 aromatic rings. The van der Waals surface area contributed by atoms with Gasteiger partial charge in [-0.1, -0.05) is 42.8 Å². The minimum Gasteiger partial charge on any atom is -0.497 e. The van der Waals surface area contributed by atoms with Crippen molar-refractivity contribution in [2.45, 2.75) is 58.0 Å². The predicted octanol–water partition coefficient (Wildman–Crippen LogP) is 5.30. The summed E-state index contributed by atoms with van der Waals surface area (Å²) < 4.78 is 5.19. The van der Waals surface area contributed by atoms with E-state index in [2.05, 4.69) is 5.32 Å². The first kappa shape index (κ1) is 26.1. The van der Waals surface area contributed by atoms with E-state index in [9.17, 15) is 9.59 Å². The summed E-state index contributed by atoms with van der Waals surface area (Å²) in [5, 5.41) is 3.66. The van der Waals surface area contributed by atoms with Gasteiger partial charge >= 0.3 is 0 Å². The number of methoxy groups -OCH3 is 1. The topological polar surface area (TPSA) is 58.6 Å². The molecule has 1 atom stereocenters. The van der Waals surface area contributed by atoms with Gasteiger partial charge in [0.1, 0.15) is 11.8 Å². The summed E-state index contributed by atoms with van der Waals surface area (Å²) >= 11 is 7.55. The molecule has 7 heteroatoms. The molecule has 32 heavy (non-hydrogen) atoms. The second kappa shape index (κ2) is 12.2. The Morgan fingerprint density at radius 1 is 1.06 bits per heavy atom. The van der Waals surface area contributed by atoms with Gasteiger partial charge in [0.2, 0.25) is 11.8 Å². The van der Waals surface area contributed by atoms with Crippen molar-refractivity contribution in [3.8, 4) is 5.75 Å². The number of ether oxygens (including phenoxy) is 1.